The van der Waals surface area contributed by atoms with Gasteiger partial charge < -0.3 is 16.2 Å². The smallest absolute Gasteiger partial charge is 0.307 e. The molecule has 0 saturated carbocycles. The number of aliphatic carboxylic acids is 1. The fraction of sp³-hybridized carbons (Fsp3) is 0.250. The summed E-state index contributed by atoms with van der Waals surface area (Å²) in [6.45, 7) is 3.47. The zero-order valence-electron chi connectivity index (χ0n) is 14.8. The van der Waals surface area contributed by atoms with Crippen LogP contribution in [0.2, 0.25) is 0 Å². The van der Waals surface area contributed by atoms with Gasteiger partial charge in [0, 0.05) is 17.0 Å². The predicted molar refractivity (Wildman–Crippen MR) is 109 cm³/mol. The van der Waals surface area contributed by atoms with E-state index in [0.29, 0.717) is 30.6 Å². The molecule has 0 bridgehead atoms. The summed E-state index contributed by atoms with van der Waals surface area (Å²) >= 11 is 4.53. The maximum atomic E-state index is 11.9. The van der Waals surface area contributed by atoms with Crippen molar-refractivity contribution in [2.45, 2.75) is 24.5 Å². The van der Waals surface area contributed by atoms with Gasteiger partial charge in [-0.15, -0.1) is 0 Å². The summed E-state index contributed by atoms with van der Waals surface area (Å²) in [5.74, 6) is -1.38. The van der Waals surface area contributed by atoms with Gasteiger partial charge in [-0.1, -0.05) is 24.8 Å². The van der Waals surface area contributed by atoms with E-state index in [4.69, 9.17) is 5.73 Å². The molecule has 6 nitrogen and oxygen atoms in total. The van der Waals surface area contributed by atoms with Gasteiger partial charge in [-0.2, -0.15) is 12.6 Å². The largest absolute Gasteiger partial charge is 0.481 e. The highest BCUT2D eigenvalue weighted by Gasteiger charge is 2.25. The standard InChI is InChI=1S/C20H23N3O3S/c1-2-22-19(24)15-5-3-4-13(10-15)6-8-17(27)16(20(25)26)11-14-7-9-18(21)23-12-14/h2-5,7,9-10,12,16-17,27H,1,6,8,11H2,(H2,21,23)(H,22,24)(H,25,26). The van der Waals surface area contributed by atoms with E-state index in [1.54, 1.807) is 36.5 Å². The summed E-state index contributed by atoms with van der Waals surface area (Å²) in [5.41, 5.74) is 7.85. The van der Waals surface area contributed by atoms with Gasteiger partial charge in [-0.3, -0.25) is 9.59 Å². The molecule has 2 aromatic rings. The fourth-order valence-electron chi connectivity index (χ4n) is 2.76. The van der Waals surface area contributed by atoms with Crippen molar-refractivity contribution in [3.8, 4) is 0 Å². The number of amides is 1. The second kappa shape index (κ2) is 9.78. The lowest BCUT2D eigenvalue weighted by Gasteiger charge is -2.19. The van der Waals surface area contributed by atoms with Crippen LogP contribution in [0.3, 0.4) is 0 Å². The lowest BCUT2D eigenvalue weighted by atomic mass is 9.93. The van der Waals surface area contributed by atoms with E-state index in [9.17, 15) is 14.7 Å². The lowest BCUT2D eigenvalue weighted by molar-refractivity contribution is -0.141. The molecule has 0 fully saturated rings. The first-order valence-electron chi connectivity index (χ1n) is 8.52. The van der Waals surface area contributed by atoms with Crippen molar-refractivity contribution in [1.29, 1.82) is 0 Å². The Morgan fingerprint density at radius 2 is 2.07 bits per heavy atom. The summed E-state index contributed by atoms with van der Waals surface area (Å²) in [4.78, 5) is 27.6. The predicted octanol–water partition coefficient (Wildman–Crippen LogP) is 2.71. The first-order chi connectivity index (χ1) is 12.9. The number of pyridine rings is 1. The van der Waals surface area contributed by atoms with Crippen LogP contribution in [-0.4, -0.2) is 27.2 Å². The summed E-state index contributed by atoms with van der Waals surface area (Å²) in [5, 5.41) is 11.8. The van der Waals surface area contributed by atoms with E-state index in [1.807, 2.05) is 6.07 Å². The number of nitrogens with one attached hydrogen (secondary N) is 1. The topological polar surface area (TPSA) is 105 Å². The van der Waals surface area contributed by atoms with Crippen LogP contribution in [0, 0.1) is 5.92 Å². The molecule has 2 atom stereocenters. The Morgan fingerprint density at radius 1 is 1.30 bits per heavy atom. The molecule has 0 aliphatic rings. The lowest BCUT2D eigenvalue weighted by Crippen LogP contribution is -2.27. The minimum Gasteiger partial charge on any atom is -0.481 e. The van der Waals surface area contributed by atoms with Crippen molar-refractivity contribution in [1.82, 2.24) is 10.3 Å². The molecular weight excluding hydrogens is 362 g/mol. The number of carbonyl (C=O) groups is 2. The van der Waals surface area contributed by atoms with Crippen LogP contribution in [0.1, 0.15) is 27.9 Å². The number of anilines is 1. The highest BCUT2D eigenvalue weighted by Crippen LogP contribution is 2.22. The number of rotatable bonds is 9. The zero-order valence-corrected chi connectivity index (χ0v) is 15.7. The normalized spacial score (nSPS) is 12.8. The average molecular weight is 385 g/mol. The second-order valence-corrected chi connectivity index (χ2v) is 6.89. The molecule has 4 N–H and O–H groups in total. The van der Waals surface area contributed by atoms with Crippen molar-refractivity contribution in [2.24, 2.45) is 5.92 Å². The Hall–Kier alpha value is -2.80. The number of aryl methyl sites for hydroxylation is 1. The Bertz CT molecular complexity index is 808. The van der Waals surface area contributed by atoms with Gasteiger partial charge in [0.05, 0.1) is 5.92 Å². The van der Waals surface area contributed by atoms with Crippen molar-refractivity contribution >= 4 is 30.3 Å². The zero-order chi connectivity index (χ0) is 19.8. The highest BCUT2D eigenvalue weighted by atomic mass is 32.1. The monoisotopic (exact) mass is 385 g/mol. The average Bonchev–Trinajstić information content (AvgIpc) is 2.66. The summed E-state index contributed by atoms with van der Waals surface area (Å²) < 4.78 is 0. The number of hydrogen-bond acceptors (Lipinski definition) is 5. The Labute approximate surface area is 163 Å². The van der Waals surface area contributed by atoms with Crippen molar-refractivity contribution < 1.29 is 14.7 Å². The quantitative estimate of drug-likeness (QED) is 0.497. The molecule has 0 saturated heterocycles. The number of carbonyl (C=O) groups excluding carboxylic acids is 1. The molecule has 0 radical (unpaired) electrons. The number of nitrogen functional groups attached to an aromatic ring is 1. The maximum Gasteiger partial charge on any atom is 0.307 e. The molecule has 7 heteroatoms. The van der Waals surface area contributed by atoms with Gasteiger partial charge in [-0.05, 0) is 54.8 Å². The Kier molecular flexibility index (Phi) is 7.43. The first kappa shape index (κ1) is 20.5. The minimum absolute atomic E-state index is 0.228. The molecule has 1 amide bonds. The molecule has 0 aliphatic heterocycles. The van der Waals surface area contributed by atoms with Crippen LogP contribution < -0.4 is 11.1 Å². The number of carboxylic acids is 1. The van der Waals surface area contributed by atoms with E-state index in [-0.39, 0.29) is 11.2 Å². The number of hydrogen-bond donors (Lipinski definition) is 4. The third-order valence-electron chi connectivity index (χ3n) is 4.24. The van der Waals surface area contributed by atoms with Crippen LogP contribution in [0.4, 0.5) is 5.82 Å². The molecule has 1 heterocycles. The first-order valence-corrected chi connectivity index (χ1v) is 9.04. The van der Waals surface area contributed by atoms with Gasteiger partial charge in [0.2, 0.25) is 0 Å². The van der Waals surface area contributed by atoms with Crippen LogP contribution in [0.15, 0.2) is 55.4 Å². The van der Waals surface area contributed by atoms with Crippen LogP contribution >= 0.6 is 12.6 Å². The highest BCUT2D eigenvalue weighted by molar-refractivity contribution is 7.81. The van der Waals surface area contributed by atoms with Crippen LogP contribution in [-0.2, 0) is 17.6 Å². The number of carboxylic acid groups (broad SMARTS) is 1. The van der Waals surface area contributed by atoms with Gasteiger partial charge in [0.15, 0.2) is 0 Å². The van der Waals surface area contributed by atoms with E-state index in [2.05, 4.69) is 29.5 Å². The van der Waals surface area contributed by atoms with E-state index < -0.39 is 11.9 Å². The number of benzene rings is 1. The van der Waals surface area contributed by atoms with E-state index in [1.165, 1.54) is 6.20 Å². The number of nitrogens with two attached hydrogens (primary N) is 1. The Morgan fingerprint density at radius 3 is 2.70 bits per heavy atom. The summed E-state index contributed by atoms with van der Waals surface area (Å²) in [6.07, 6.45) is 4.44. The summed E-state index contributed by atoms with van der Waals surface area (Å²) in [7, 11) is 0. The van der Waals surface area contributed by atoms with Gasteiger partial charge in [-0.25, -0.2) is 4.98 Å². The van der Waals surface area contributed by atoms with Gasteiger partial charge in [0.1, 0.15) is 5.82 Å². The third kappa shape index (κ3) is 6.14. The van der Waals surface area contributed by atoms with Crippen molar-refractivity contribution in [2.75, 3.05) is 5.73 Å². The van der Waals surface area contributed by atoms with Gasteiger partial charge in [0.25, 0.3) is 5.91 Å². The number of nitrogens with zero attached hydrogens (tertiary/aromatic N) is 1. The molecule has 2 rings (SSSR count). The minimum atomic E-state index is -0.897. The number of aromatic nitrogens is 1. The molecule has 142 valence electrons. The maximum absolute atomic E-state index is 11.9. The molecule has 1 aromatic carbocycles. The van der Waals surface area contributed by atoms with E-state index >= 15 is 0 Å². The molecule has 1 aromatic heterocycles. The molecule has 27 heavy (non-hydrogen) atoms. The van der Waals surface area contributed by atoms with Crippen LogP contribution in [0.5, 0.6) is 0 Å². The number of thiol groups is 1. The second-order valence-electron chi connectivity index (χ2n) is 6.22. The Balaban J connectivity index is 2.01. The molecule has 0 spiro atoms. The molecule has 0 aliphatic carbocycles. The van der Waals surface area contributed by atoms with Gasteiger partial charge >= 0.3 is 5.97 Å². The fourth-order valence-corrected chi connectivity index (χ4v) is 3.12. The van der Waals surface area contributed by atoms with Crippen molar-refractivity contribution in [3.05, 3.63) is 72.1 Å². The third-order valence-corrected chi connectivity index (χ3v) is 4.85. The van der Waals surface area contributed by atoms with Crippen LogP contribution in [0.25, 0.3) is 0 Å². The summed E-state index contributed by atoms with van der Waals surface area (Å²) in [6, 6.07) is 10.6. The SMILES string of the molecule is C=CNC(=O)c1cccc(CCC(S)C(Cc2ccc(N)nc2)C(=O)O)c1. The molecular formula is C20H23N3O3S. The van der Waals surface area contributed by atoms with E-state index in [0.717, 1.165) is 11.1 Å². The molecule has 2 unspecified atom stereocenters. The van der Waals surface area contributed by atoms with Crippen molar-refractivity contribution in [3.63, 3.8) is 0 Å².